The van der Waals surface area contributed by atoms with Crippen LogP contribution in [0.5, 0.6) is 0 Å². The highest BCUT2D eigenvalue weighted by atomic mass is 15.2. The number of hydrogen-bond donors (Lipinski definition) is 1. The zero-order valence-electron chi connectivity index (χ0n) is 31.4. The Balaban J connectivity index is 1.32. The number of nitrogens with one attached hydrogen (secondary N) is 1. The standard InChI is InChI=1S/C49H54N2/c1-6-8-9-10-11-12-19-37-20-16-23-39(28-37)41-25-24-34(3)43(30-41)47-32-44(42-27-26-38-21-13-14-22-40(38)29-42)45-31-46(50-33-48(45)51(47)7-2)49-35(4)17-15-18-36(49)5/h13-18,20-32,48,50H,6-12,19,33H2,1-5H3. The van der Waals surface area contributed by atoms with Crippen molar-refractivity contribution in [3.63, 3.8) is 0 Å². The number of nitrogens with zero attached hydrogens (tertiary/aromatic N) is 1. The van der Waals surface area contributed by atoms with Gasteiger partial charge >= 0.3 is 0 Å². The average molecular weight is 671 g/mol. The third-order valence-electron chi connectivity index (χ3n) is 11.2. The van der Waals surface area contributed by atoms with E-state index in [2.05, 4.69) is 160 Å². The molecule has 0 saturated carbocycles. The minimum Gasteiger partial charge on any atom is -0.382 e. The molecule has 5 aromatic carbocycles. The monoisotopic (exact) mass is 670 g/mol. The number of benzene rings is 5. The lowest BCUT2D eigenvalue weighted by Crippen LogP contribution is -2.46. The van der Waals surface area contributed by atoms with Gasteiger partial charge in [0, 0.05) is 35.6 Å². The molecule has 2 heterocycles. The van der Waals surface area contributed by atoms with Gasteiger partial charge in [-0.25, -0.2) is 0 Å². The van der Waals surface area contributed by atoms with Crippen LogP contribution in [0.25, 0.3) is 38.9 Å². The van der Waals surface area contributed by atoms with Crippen LogP contribution in [-0.4, -0.2) is 24.0 Å². The molecule has 5 aromatic rings. The van der Waals surface area contributed by atoms with Crippen molar-refractivity contribution >= 4 is 27.7 Å². The lowest BCUT2D eigenvalue weighted by atomic mass is 9.83. The molecular weight excluding hydrogens is 617 g/mol. The van der Waals surface area contributed by atoms with Gasteiger partial charge in [0.1, 0.15) is 0 Å². The van der Waals surface area contributed by atoms with E-state index in [-0.39, 0.29) is 6.04 Å². The van der Waals surface area contributed by atoms with Gasteiger partial charge in [-0.2, -0.15) is 0 Å². The number of hydrogen-bond acceptors (Lipinski definition) is 2. The molecule has 0 bridgehead atoms. The molecule has 260 valence electrons. The summed E-state index contributed by atoms with van der Waals surface area (Å²) in [5.74, 6) is 0. The van der Waals surface area contributed by atoms with Crippen molar-refractivity contribution in [1.29, 1.82) is 0 Å². The van der Waals surface area contributed by atoms with Gasteiger partial charge in [-0.1, -0.05) is 130 Å². The fourth-order valence-electron chi connectivity index (χ4n) is 8.35. The molecular formula is C49H54N2. The predicted octanol–water partition coefficient (Wildman–Crippen LogP) is 12.5. The second-order valence-electron chi connectivity index (χ2n) is 14.7. The quantitative estimate of drug-likeness (QED) is 0.133. The maximum atomic E-state index is 3.90. The second-order valence-corrected chi connectivity index (χ2v) is 14.7. The Kier molecular flexibility index (Phi) is 10.6. The summed E-state index contributed by atoms with van der Waals surface area (Å²) >= 11 is 0. The third-order valence-corrected chi connectivity index (χ3v) is 11.2. The van der Waals surface area contributed by atoms with Crippen molar-refractivity contribution in [2.75, 3.05) is 13.1 Å². The highest BCUT2D eigenvalue weighted by Crippen LogP contribution is 2.42. The van der Waals surface area contributed by atoms with E-state index in [1.165, 1.54) is 122 Å². The van der Waals surface area contributed by atoms with Crippen LogP contribution in [0.3, 0.4) is 0 Å². The van der Waals surface area contributed by atoms with Crippen LogP contribution in [-0.2, 0) is 6.42 Å². The van der Waals surface area contributed by atoms with E-state index in [1.54, 1.807) is 0 Å². The topological polar surface area (TPSA) is 15.3 Å². The van der Waals surface area contributed by atoms with Crippen LogP contribution < -0.4 is 5.32 Å². The third kappa shape index (κ3) is 7.33. The smallest absolute Gasteiger partial charge is 0.0721 e. The molecule has 0 fully saturated rings. The first-order valence-electron chi connectivity index (χ1n) is 19.4. The molecule has 0 saturated heterocycles. The van der Waals surface area contributed by atoms with E-state index in [1.807, 2.05) is 0 Å². The molecule has 0 aliphatic carbocycles. The molecule has 2 aliphatic rings. The molecule has 51 heavy (non-hydrogen) atoms. The molecule has 1 N–H and O–H groups in total. The summed E-state index contributed by atoms with van der Waals surface area (Å²) in [7, 11) is 0. The van der Waals surface area contributed by atoms with Crippen LogP contribution >= 0.6 is 0 Å². The molecule has 2 nitrogen and oxygen atoms in total. The highest BCUT2D eigenvalue weighted by molar-refractivity contribution is 5.95. The van der Waals surface area contributed by atoms with Gasteiger partial charge < -0.3 is 10.2 Å². The Morgan fingerprint density at radius 1 is 0.627 bits per heavy atom. The van der Waals surface area contributed by atoms with Crippen molar-refractivity contribution in [3.8, 4) is 11.1 Å². The van der Waals surface area contributed by atoms with Gasteiger partial charge in [0.05, 0.1) is 6.04 Å². The van der Waals surface area contributed by atoms with Crippen LogP contribution in [0.15, 0.2) is 121 Å². The summed E-state index contributed by atoms with van der Waals surface area (Å²) in [5.41, 5.74) is 17.1. The number of fused-ring (bicyclic) bond motifs is 2. The lowest BCUT2D eigenvalue weighted by Gasteiger charge is -2.43. The van der Waals surface area contributed by atoms with E-state index >= 15 is 0 Å². The van der Waals surface area contributed by atoms with Crippen molar-refractivity contribution in [2.24, 2.45) is 0 Å². The van der Waals surface area contributed by atoms with E-state index in [0.717, 1.165) is 19.5 Å². The normalized spacial score (nSPS) is 15.8. The van der Waals surface area contributed by atoms with Gasteiger partial charge in [-0.15, -0.1) is 0 Å². The summed E-state index contributed by atoms with van der Waals surface area (Å²) < 4.78 is 0. The minimum atomic E-state index is 0.216. The summed E-state index contributed by atoms with van der Waals surface area (Å²) in [6.45, 7) is 13.1. The molecule has 0 aromatic heterocycles. The van der Waals surface area contributed by atoms with Gasteiger partial charge in [0.25, 0.3) is 0 Å². The first-order chi connectivity index (χ1) is 24.9. The molecule has 0 radical (unpaired) electrons. The molecule has 1 atom stereocenters. The fourth-order valence-corrected chi connectivity index (χ4v) is 8.35. The minimum absolute atomic E-state index is 0.216. The molecule has 0 amide bonds. The Morgan fingerprint density at radius 2 is 1.35 bits per heavy atom. The number of rotatable bonds is 12. The molecule has 2 aliphatic heterocycles. The maximum Gasteiger partial charge on any atom is 0.0721 e. The van der Waals surface area contributed by atoms with Crippen molar-refractivity contribution < 1.29 is 0 Å². The van der Waals surface area contributed by atoms with E-state index in [4.69, 9.17) is 0 Å². The number of allylic oxidation sites excluding steroid dienone is 2. The Labute approximate surface area is 306 Å². The molecule has 7 rings (SSSR count). The maximum absolute atomic E-state index is 3.90. The Morgan fingerprint density at radius 3 is 2.16 bits per heavy atom. The van der Waals surface area contributed by atoms with Gasteiger partial charge in [-0.05, 0) is 126 Å². The van der Waals surface area contributed by atoms with Gasteiger partial charge in [0.15, 0.2) is 0 Å². The van der Waals surface area contributed by atoms with Crippen LogP contribution in [0.2, 0.25) is 0 Å². The summed E-state index contributed by atoms with van der Waals surface area (Å²) in [6.07, 6.45) is 14.1. The van der Waals surface area contributed by atoms with Crippen LogP contribution in [0.1, 0.15) is 91.3 Å². The first kappa shape index (κ1) is 34.6. The zero-order valence-corrected chi connectivity index (χ0v) is 31.4. The average Bonchev–Trinajstić information content (AvgIpc) is 3.15. The Hall–Kier alpha value is -4.82. The second kappa shape index (κ2) is 15.6. The van der Waals surface area contributed by atoms with E-state index in [9.17, 15) is 0 Å². The SMILES string of the molecule is CCCCCCCCc1cccc(-c2ccc(C)c(C3=CC(c4ccc5ccccc5c4)=C4C=C(c5c(C)cccc5C)NCC4N3CC)c2)c1. The number of likely N-dealkylation sites (N-methyl/N-ethyl adjacent to an activating group) is 1. The summed E-state index contributed by atoms with van der Waals surface area (Å²) in [5, 5.41) is 6.45. The fraction of sp³-hybridized carbons (Fsp3) is 0.306. The number of aryl methyl sites for hydroxylation is 4. The van der Waals surface area contributed by atoms with E-state index < -0.39 is 0 Å². The predicted molar refractivity (Wildman–Crippen MR) is 221 cm³/mol. The zero-order chi connectivity index (χ0) is 35.3. The van der Waals surface area contributed by atoms with Crippen LogP contribution in [0.4, 0.5) is 0 Å². The Bertz CT molecular complexity index is 2110. The highest BCUT2D eigenvalue weighted by Gasteiger charge is 2.33. The first-order valence-corrected chi connectivity index (χ1v) is 19.4. The largest absolute Gasteiger partial charge is 0.382 e. The van der Waals surface area contributed by atoms with Crippen molar-refractivity contribution in [1.82, 2.24) is 10.2 Å². The molecule has 0 spiro atoms. The lowest BCUT2D eigenvalue weighted by molar-refractivity contribution is 0.336. The van der Waals surface area contributed by atoms with Crippen molar-refractivity contribution in [3.05, 3.63) is 160 Å². The van der Waals surface area contributed by atoms with Gasteiger partial charge in [-0.3, -0.25) is 0 Å². The van der Waals surface area contributed by atoms with Gasteiger partial charge in [0.2, 0.25) is 0 Å². The number of unbranched alkanes of at least 4 members (excludes halogenated alkanes) is 5. The summed E-state index contributed by atoms with van der Waals surface area (Å²) in [4.78, 5) is 2.63. The van der Waals surface area contributed by atoms with E-state index in [0.29, 0.717) is 0 Å². The molecule has 1 unspecified atom stereocenters. The molecule has 2 heteroatoms. The summed E-state index contributed by atoms with van der Waals surface area (Å²) in [6, 6.07) is 38.9. The van der Waals surface area contributed by atoms with Crippen LogP contribution in [0, 0.1) is 20.8 Å². The van der Waals surface area contributed by atoms with Crippen molar-refractivity contribution in [2.45, 2.75) is 85.6 Å².